The van der Waals surface area contributed by atoms with Crippen molar-refractivity contribution in [1.29, 1.82) is 0 Å². The third-order valence-electron chi connectivity index (χ3n) is 7.96. The maximum absolute atomic E-state index is 14.2. The average Bonchev–Trinajstić information content (AvgIpc) is 3.01. The number of nitrogens with one attached hydrogen (secondary N) is 1. The quantitative estimate of drug-likeness (QED) is 0.237. The van der Waals surface area contributed by atoms with E-state index < -0.39 is 45.9 Å². The number of hydrogen-bond acceptors (Lipinski definition) is 4. The van der Waals surface area contributed by atoms with Crippen LogP contribution in [0.1, 0.15) is 62.1 Å². The highest BCUT2D eigenvalue weighted by Crippen LogP contribution is 2.37. The van der Waals surface area contributed by atoms with Gasteiger partial charge in [-0.15, -0.1) is 0 Å². The van der Waals surface area contributed by atoms with E-state index >= 15 is 0 Å². The number of nitrogens with zero attached hydrogens (tertiary/aromatic N) is 2. The highest BCUT2D eigenvalue weighted by Gasteiger charge is 2.37. The van der Waals surface area contributed by atoms with Crippen molar-refractivity contribution >= 4 is 39.1 Å². The van der Waals surface area contributed by atoms with Gasteiger partial charge in [0.1, 0.15) is 12.6 Å². The van der Waals surface area contributed by atoms with Crippen LogP contribution >= 0.6 is 11.6 Å². The summed E-state index contributed by atoms with van der Waals surface area (Å²) in [4.78, 5) is 28.9. The van der Waals surface area contributed by atoms with Crippen molar-refractivity contribution in [3.8, 4) is 0 Å². The summed E-state index contributed by atoms with van der Waals surface area (Å²) >= 11 is 6.33. The molecule has 1 aliphatic carbocycles. The van der Waals surface area contributed by atoms with E-state index in [-0.39, 0.29) is 34.8 Å². The molecule has 1 atom stereocenters. The second kappa shape index (κ2) is 14.7. The molecule has 0 unspecified atom stereocenters. The van der Waals surface area contributed by atoms with Crippen LogP contribution in [0.2, 0.25) is 5.02 Å². The van der Waals surface area contributed by atoms with Gasteiger partial charge in [0.2, 0.25) is 11.8 Å². The number of aryl methyl sites for hydroxylation is 1. The van der Waals surface area contributed by atoms with Crippen LogP contribution in [0.5, 0.6) is 0 Å². The molecule has 0 radical (unpaired) electrons. The minimum atomic E-state index is -4.80. The molecule has 242 valence electrons. The number of rotatable bonds is 11. The fraction of sp³-hybridized carbons (Fsp3) is 0.394. The molecule has 2 amide bonds. The Kier molecular flexibility index (Phi) is 11.2. The number of halogens is 4. The van der Waals surface area contributed by atoms with Gasteiger partial charge in [-0.1, -0.05) is 85.8 Å². The van der Waals surface area contributed by atoms with Crippen LogP contribution in [0.4, 0.5) is 18.9 Å². The van der Waals surface area contributed by atoms with E-state index in [1.54, 1.807) is 13.0 Å². The van der Waals surface area contributed by atoms with E-state index in [4.69, 9.17) is 11.6 Å². The van der Waals surface area contributed by atoms with Gasteiger partial charge in [0.15, 0.2) is 0 Å². The Morgan fingerprint density at radius 2 is 1.62 bits per heavy atom. The zero-order valence-corrected chi connectivity index (χ0v) is 26.8. The predicted octanol–water partition coefficient (Wildman–Crippen LogP) is 7.12. The first-order valence-corrected chi connectivity index (χ1v) is 16.7. The Hall–Kier alpha value is -3.57. The van der Waals surface area contributed by atoms with Gasteiger partial charge in [0.05, 0.1) is 21.2 Å². The van der Waals surface area contributed by atoms with E-state index in [0.29, 0.717) is 15.9 Å². The zero-order chi connectivity index (χ0) is 32.8. The minimum Gasteiger partial charge on any atom is -0.352 e. The summed E-state index contributed by atoms with van der Waals surface area (Å²) in [6.45, 7) is 2.75. The number of amides is 2. The molecule has 1 aliphatic rings. The lowest BCUT2D eigenvalue weighted by atomic mass is 9.95. The number of alkyl halides is 3. The second-order valence-corrected chi connectivity index (χ2v) is 13.5. The summed E-state index contributed by atoms with van der Waals surface area (Å²) in [6.07, 6.45) is 0.136. The summed E-state index contributed by atoms with van der Waals surface area (Å²) in [5.74, 6) is -1.13. The number of carbonyl (C=O) groups is 2. The fourth-order valence-electron chi connectivity index (χ4n) is 5.47. The zero-order valence-electron chi connectivity index (χ0n) is 25.2. The van der Waals surface area contributed by atoms with Gasteiger partial charge in [-0.05, 0) is 62.1 Å². The van der Waals surface area contributed by atoms with Gasteiger partial charge in [0, 0.05) is 12.6 Å². The predicted molar refractivity (Wildman–Crippen MR) is 168 cm³/mol. The Bertz CT molecular complexity index is 1580. The first-order valence-electron chi connectivity index (χ1n) is 14.9. The van der Waals surface area contributed by atoms with Crippen LogP contribution in [0, 0.1) is 6.92 Å². The number of carbonyl (C=O) groups excluding carboxylic acids is 2. The van der Waals surface area contributed by atoms with Crippen LogP contribution in [-0.4, -0.2) is 43.8 Å². The van der Waals surface area contributed by atoms with Gasteiger partial charge >= 0.3 is 6.18 Å². The Labute approximate surface area is 267 Å². The van der Waals surface area contributed by atoms with E-state index in [0.717, 1.165) is 49.8 Å². The lowest BCUT2D eigenvalue weighted by molar-refractivity contribution is -0.140. The molecule has 45 heavy (non-hydrogen) atoms. The highest BCUT2D eigenvalue weighted by atomic mass is 35.5. The molecule has 0 aromatic heterocycles. The normalized spacial score (nSPS) is 14.9. The molecule has 1 fully saturated rings. The molecular weight excluding hydrogens is 627 g/mol. The van der Waals surface area contributed by atoms with Gasteiger partial charge in [0.25, 0.3) is 10.0 Å². The molecule has 3 aromatic rings. The molecule has 3 aromatic carbocycles. The third kappa shape index (κ3) is 8.58. The van der Waals surface area contributed by atoms with Crippen molar-refractivity contribution in [1.82, 2.24) is 10.2 Å². The van der Waals surface area contributed by atoms with Crippen LogP contribution in [-0.2, 0) is 32.3 Å². The summed E-state index contributed by atoms with van der Waals surface area (Å²) in [5.41, 5.74) is 0.0570. The van der Waals surface area contributed by atoms with E-state index in [2.05, 4.69) is 5.32 Å². The Morgan fingerprint density at radius 1 is 0.978 bits per heavy atom. The standard InChI is InChI=1S/C33H37ClF3N3O4S/c1-3-29(32(42)38-26-10-6-4-7-11-26)39(21-24-16-14-23(2)15-17-24)31(41)22-40(45(43,44)27-12-8-5-9-13-27)30-20-25(33(35,36)37)18-19-28(30)34/h5,8-9,12-20,26,29H,3-4,6-7,10-11,21-22H2,1-2H3,(H,38,42)/t29-/m1/s1. The molecule has 12 heteroatoms. The molecule has 0 heterocycles. The van der Waals surface area contributed by atoms with Crippen LogP contribution in [0.15, 0.2) is 77.7 Å². The van der Waals surface area contributed by atoms with Crippen LogP contribution in [0.3, 0.4) is 0 Å². The summed E-state index contributed by atoms with van der Waals surface area (Å²) in [5, 5.41) is 2.77. The SMILES string of the molecule is CC[C@H](C(=O)NC1CCCCC1)N(Cc1ccc(C)cc1)C(=O)CN(c1cc(C(F)(F)F)ccc1Cl)S(=O)(=O)c1ccccc1. The Morgan fingerprint density at radius 3 is 2.22 bits per heavy atom. The summed E-state index contributed by atoms with van der Waals surface area (Å²) < 4.78 is 69.8. The number of sulfonamides is 1. The van der Waals surface area contributed by atoms with E-state index in [1.165, 1.54) is 29.2 Å². The first-order chi connectivity index (χ1) is 21.3. The molecule has 4 rings (SSSR count). The smallest absolute Gasteiger partial charge is 0.352 e. The van der Waals surface area contributed by atoms with Gasteiger partial charge in [-0.25, -0.2) is 8.42 Å². The van der Waals surface area contributed by atoms with Crippen molar-refractivity contribution in [3.05, 3.63) is 94.5 Å². The van der Waals surface area contributed by atoms with Crippen molar-refractivity contribution < 1.29 is 31.2 Å². The lowest BCUT2D eigenvalue weighted by Gasteiger charge is -2.34. The lowest BCUT2D eigenvalue weighted by Crippen LogP contribution is -2.54. The maximum atomic E-state index is 14.2. The molecule has 0 spiro atoms. The molecule has 0 aliphatic heterocycles. The summed E-state index contributed by atoms with van der Waals surface area (Å²) in [6, 6.07) is 15.7. The van der Waals surface area contributed by atoms with Crippen LogP contribution in [0.25, 0.3) is 0 Å². The third-order valence-corrected chi connectivity index (χ3v) is 10.1. The fourth-order valence-corrected chi connectivity index (χ4v) is 7.18. The van der Waals surface area contributed by atoms with E-state index in [1.807, 2.05) is 31.2 Å². The molecule has 1 saturated carbocycles. The van der Waals surface area contributed by atoms with Crippen molar-refractivity contribution in [2.24, 2.45) is 0 Å². The number of anilines is 1. The van der Waals surface area contributed by atoms with Crippen molar-refractivity contribution in [2.45, 2.75) is 82.1 Å². The molecule has 7 nitrogen and oxygen atoms in total. The minimum absolute atomic E-state index is 0.0226. The van der Waals surface area contributed by atoms with Crippen molar-refractivity contribution in [2.75, 3.05) is 10.8 Å². The molecular formula is C33H37ClF3N3O4S. The van der Waals surface area contributed by atoms with Gasteiger partial charge < -0.3 is 10.2 Å². The first kappa shape index (κ1) is 34.3. The molecule has 1 N–H and O–H groups in total. The van der Waals surface area contributed by atoms with Crippen LogP contribution < -0.4 is 9.62 Å². The number of benzene rings is 3. The van der Waals surface area contributed by atoms with Gasteiger partial charge in [-0.2, -0.15) is 13.2 Å². The Balaban J connectivity index is 1.77. The number of hydrogen-bond donors (Lipinski definition) is 1. The van der Waals surface area contributed by atoms with E-state index in [9.17, 15) is 31.2 Å². The van der Waals surface area contributed by atoms with Crippen molar-refractivity contribution in [3.63, 3.8) is 0 Å². The highest BCUT2D eigenvalue weighted by molar-refractivity contribution is 7.92. The topological polar surface area (TPSA) is 86.8 Å². The largest absolute Gasteiger partial charge is 0.416 e. The monoisotopic (exact) mass is 663 g/mol. The average molecular weight is 664 g/mol. The molecule has 0 bridgehead atoms. The molecule has 0 saturated heterocycles. The maximum Gasteiger partial charge on any atom is 0.416 e. The van der Waals surface area contributed by atoms with Gasteiger partial charge in [-0.3, -0.25) is 13.9 Å². The second-order valence-electron chi connectivity index (χ2n) is 11.3. The summed E-state index contributed by atoms with van der Waals surface area (Å²) in [7, 11) is -4.59.